The summed E-state index contributed by atoms with van der Waals surface area (Å²) in [7, 11) is 1.52. The van der Waals surface area contributed by atoms with Gasteiger partial charge in [0.15, 0.2) is 11.5 Å². The lowest BCUT2D eigenvalue weighted by atomic mass is 10.0. The monoisotopic (exact) mass is 325 g/mol. The van der Waals surface area contributed by atoms with Crippen LogP contribution in [0.1, 0.15) is 35.4 Å². The summed E-state index contributed by atoms with van der Waals surface area (Å²) in [6, 6.07) is 12.7. The Kier molecular flexibility index (Phi) is 4.51. The molecule has 1 heterocycles. The molecule has 1 amide bonds. The van der Waals surface area contributed by atoms with Crippen molar-refractivity contribution < 1.29 is 19.1 Å². The van der Waals surface area contributed by atoms with E-state index in [0.29, 0.717) is 29.3 Å². The maximum Gasteiger partial charge on any atom is 0.272 e. The fraction of sp³-hybridized carbons (Fsp3) is 0.263. The van der Waals surface area contributed by atoms with Crippen LogP contribution < -0.4 is 14.4 Å². The highest BCUT2D eigenvalue weighted by molar-refractivity contribution is 6.02. The lowest BCUT2D eigenvalue weighted by Gasteiger charge is -2.35. The molecule has 1 unspecified atom stereocenters. The molecule has 3 rings (SSSR count). The predicted molar refractivity (Wildman–Crippen MR) is 90.8 cm³/mol. The smallest absolute Gasteiger partial charge is 0.272 e. The Morgan fingerprint density at radius 1 is 1.25 bits per heavy atom. The molecular weight excluding hydrogens is 306 g/mol. The van der Waals surface area contributed by atoms with Gasteiger partial charge in [-0.3, -0.25) is 9.59 Å². The zero-order valence-corrected chi connectivity index (χ0v) is 13.7. The highest BCUT2D eigenvalue weighted by atomic mass is 16.5. The van der Waals surface area contributed by atoms with Crippen molar-refractivity contribution in [3.8, 4) is 11.5 Å². The Hall–Kier alpha value is -2.82. The molecule has 2 aromatic carbocycles. The summed E-state index contributed by atoms with van der Waals surface area (Å²) < 4.78 is 11.4. The third kappa shape index (κ3) is 2.73. The van der Waals surface area contributed by atoms with Crippen molar-refractivity contribution in [2.75, 3.05) is 18.6 Å². The van der Waals surface area contributed by atoms with E-state index in [1.807, 2.05) is 37.3 Å². The minimum Gasteiger partial charge on any atom is -0.493 e. The SMILES string of the molecule is CCCN1C(=O)C(c2ccccc2)Oc2c(OC)cc(C=O)cc21. The standard InChI is InChI=1S/C19H19NO4/c1-3-9-20-15-10-13(12-21)11-16(23-2)18(15)24-17(19(20)22)14-7-5-4-6-8-14/h4-8,10-12,17H,3,9H2,1-2H3. The topological polar surface area (TPSA) is 55.8 Å². The van der Waals surface area contributed by atoms with E-state index in [2.05, 4.69) is 0 Å². The second-order valence-corrected chi connectivity index (χ2v) is 5.59. The van der Waals surface area contributed by atoms with Crippen LogP contribution in [0.4, 0.5) is 5.69 Å². The molecule has 124 valence electrons. The number of aldehydes is 1. The molecule has 0 spiro atoms. The van der Waals surface area contributed by atoms with Gasteiger partial charge in [0.05, 0.1) is 12.8 Å². The van der Waals surface area contributed by atoms with Crippen molar-refractivity contribution >= 4 is 17.9 Å². The van der Waals surface area contributed by atoms with Crippen LogP contribution in [0.3, 0.4) is 0 Å². The first-order chi connectivity index (χ1) is 11.7. The van der Waals surface area contributed by atoms with Gasteiger partial charge in [0, 0.05) is 17.7 Å². The van der Waals surface area contributed by atoms with Crippen LogP contribution in [0.2, 0.25) is 0 Å². The molecule has 5 heteroatoms. The Bertz CT molecular complexity index is 757. The molecule has 0 N–H and O–H groups in total. The minimum atomic E-state index is -0.721. The Morgan fingerprint density at radius 3 is 2.62 bits per heavy atom. The van der Waals surface area contributed by atoms with E-state index in [1.165, 1.54) is 7.11 Å². The van der Waals surface area contributed by atoms with Crippen molar-refractivity contribution in [2.24, 2.45) is 0 Å². The molecule has 0 saturated heterocycles. The number of amides is 1. The van der Waals surface area contributed by atoms with Gasteiger partial charge >= 0.3 is 0 Å². The summed E-state index contributed by atoms with van der Waals surface area (Å²) in [6.45, 7) is 2.55. The number of anilines is 1. The molecule has 0 fully saturated rings. The number of ether oxygens (including phenoxy) is 2. The van der Waals surface area contributed by atoms with Crippen LogP contribution in [0.5, 0.6) is 11.5 Å². The average Bonchev–Trinajstić information content (AvgIpc) is 2.63. The van der Waals surface area contributed by atoms with Gasteiger partial charge in [-0.05, 0) is 18.6 Å². The highest BCUT2D eigenvalue weighted by Crippen LogP contribution is 2.45. The molecule has 1 atom stereocenters. The Morgan fingerprint density at radius 2 is 2.00 bits per heavy atom. The normalized spacial score (nSPS) is 16.3. The lowest BCUT2D eigenvalue weighted by Crippen LogP contribution is -2.41. The molecule has 1 aliphatic rings. The first-order valence-electron chi connectivity index (χ1n) is 7.89. The summed E-state index contributed by atoms with van der Waals surface area (Å²) in [5.41, 5.74) is 1.81. The number of carbonyl (C=O) groups excluding carboxylic acids is 2. The number of nitrogens with zero attached hydrogens (tertiary/aromatic N) is 1. The van der Waals surface area contributed by atoms with Crippen LogP contribution in [0.15, 0.2) is 42.5 Å². The van der Waals surface area contributed by atoms with Crippen molar-refractivity contribution in [2.45, 2.75) is 19.4 Å². The molecule has 0 saturated carbocycles. The maximum absolute atomic E-state index is 12.9. The van der Waals surface area contributed by atoms with Crippen LogP contribution in [0, 0.1) is 0 Å². The van der Waals surface area contributed by atoms with E-state index >= 15 is 0 Å². The highest BCUT2D eigenvalue weighted by Gasteiger charge is 2.37. The fourth-order valence-electron chi connectivity index (χ4n) is 2.87. The summed E-state index contributed by atoms with van der Waals surface area (Å²) in [5.74, 6) is 0.801. The minimum absolute atomic E-state index is 0.138. The third-order valence-corrected chi connectivity index (χ3v) is 3.98. The summed E-state index contributed by atoms with van der Waals surface area (Å²) in [5, 5.41) is 0. The quantitative estimate of drug-likeness (QED) is 0.791. The van der Waals surface area contributed by atoms with E-state index in [9.17, 15) is 9.59 Å². The molecule has 0 aliphatic carbocycles. The number of rotatable bonds is 5. The number of hydrogen-bond donors (Lipinski definition) is 0. The van der Waals surface area contributed by atoms with Crippen LogP contribution >= 0.6 is 0 Å². The maximum atomic E-state index is 12.9. The van der Waals surface area contributed by atoms with E-state index in [4.69, 9.17) is 9.47 Å². The molecule has 24 heavy (non-hydrogen) atoms. The zero-order chi connectivity index (χ0) is 17.1. The number of hydrogen-bond acceptors (Lipinski definition) is 4. The molecule has 5 nitrogen and oxygen atoms in total. The van der Waals surface area contributed by atoms with Gasteiger partial charge in [-0.15, -0.1) is 0 Å². The Labute approximate surface area is 140 Å². The van der Waals surface area contributed by atoms with Crippen molar-refractivity contribution in [1.82, 2.24) is 0 Å². The van der Waals surface area contributed by atoms with Gasteiger partial charge < -0.3 is 14.4 Å². The van der Waals surface area contributed by atoms with Gasteiger partial charge in [0.25, 0.3) is 5.91 Å². The van der Waals surface area contributed by atoms with Crippen molar-refractivity contribution in [3.63, 3.8) is 0 Å². The largest absolute Gasteiger partial charge is 0.493 e. The molecule has 0 bridgehead atoms. The first kappa shape index (κ1) is 16.1. The summed E-state index contributed by atoms with van der Waals surface area (Å²) in [4.78, 5) is 25.8. The zero-order valence-electron chi connectivity index (χ0n) is 13.7. The molecule has 2 aromatic rings. The summed E-state index contributed by atoms with van der Waals surface area (Å²) in [6.07, 6.45) is 0.808. The van der Waals surface area contributed by atoms with Gasteiger partial charge in [-0.25, -0.2) is 0 Å². The van der Waals surface area contributed by atoms with Gasteiger partial charge in [-0.2, -0.15) is 0 Å². The third-order valence-electron chi connectivity index (χ3n) is 3.98. The van der Waals surface area contributed by atoms with E-state index < -0.39 is 6.10 Å². The number of carbonyl (C=O) groups is 2. The van der Waals surface area contributed by atoms with E-state index in [0.717, 1.165) is 18.3 Å². The van der Waals surface area contributed by atoms with Crippen LogP contribution in [-0.2, 0) is 4.79 Å². The fourth-order valence-corrected chi connectivity index (χ4v) is 2.87. The first-order valence-corrected chi connectivity index (χ1v) is 7.89. The number of fused-ring (bicyclic) bond motifs is 1. The molecule has 0 aromatic heterocycles. The second-order valence-electron chi connectivity index (χ2n) is 5.59. The van der Waals surface area contributed by atoms with Crippen molar-refractivity contribution in [3.05, 3.63) is 53.6 Å². The van der Waals surface area contributed by atoms with Crippen molar-refractivity contribution in [1.29, 1.82) is 0 Å². The summed E-state index contributed by atoms with van der Waals surface area (Å²) >= 11 is 0. The predicted octanol–water partition coefficient (Wildman–Crippen LogP) is 3.38. The van der Waals surface area contributed by atoms with Gasteiger partial charge in [-0.1, -0.05) is 37.3 Å². The molecule has 1 aliphatic heterocycles. The average molecular weight is 325 g/mol. The Balaban J connectivity index is 2.14. The van der Waals surface area contributed by atoms with Gasteiger partial charge in [0.2, 0.25) is 6.10 Å². The van der Waals surface area contributed by atoms with Crippen LogP contribution in [-0.4, -0.2) is 25.8 Å². The molecule has 0 radical (unpaired) electrons. The van der Waals surface area contributed by atoms with Gasteiger partial charge in [0.1, 0.15) is 6.29 Å². The molecular formula is C19H19NO4. The second kappa shape index (κ2) is 6.74. The van der Waals surface area contributed by atoms with E-state index in [-0.39, 0.29) is 5.91 Å². The van der Waals surface area contributed by atoms with Crippen LogP contribution in [0.25, 0.3) is 0 Å². The lowest BCUT2D eigenvalue weighted by molar-refractivity contribution is -0.126. The van der Waals surface area contributed by atoms with E-state index in [1.54, 1.807) is 17.0 Å². The number of methoxy groups -OCH3 is 1. The number of benzene rings is 2.